The molecule has 2 N–H and O–H groups in total. The number of carbonyl (C=O) groups excluding carboxylic acids is 1. The van der Waals surface area contributed by atoms with Crippen molar-refractivity contribution in [3.63, 3.8) is 0 Å². The molecule has 0 spiro atoms. The Kier molecular flexibility index (Phi) is 5.16. The van der Waals surface area contributed by atoms with Crippen LogP contribution in [0.25, 0.3) is 11.0 Å². The number of nitrogens with one attached hydrogen (secondary N) is 2. The second kappa shape index (κ2) is 8.06. The molecule has 0 radical (unpaired) electrons. The molecule has 4 aromatic rings. The number of anilines is 2. The quantitative estimate of drug-likeness (QED) is 0.376. The van der Waals surface area contributed by atoms with Gasteiger partial charge in [0.15, 0.2) is 0 Å². The minimum atomic E-state index is -4.50. The summed E-state index contributed by atoms with van der Waals surface area (Å²) in [5.41, 5.74) is 3.78. The summed E-state index contributed by atoms with van der Waals surface area (Å²) >= 11 is 0. The van der Waals surface area contributed by atoms with Crippen molar-refractivity contribution >= 4 is 28.6 Å². The number of halogens is 3. The standard InChI is InChI=1S/C26H21F3N4O/c1-15-10-12-17(13-11-15)23-22(24(34)31-19-7-5-6-18(14-19)26(27,28)29)16(2)30-25-32-20-8-3-4-9-21(20)33(23)25/h3-14,23H,1-2H3,(H,30,32)(H,31,34). The van der Waals surface area contributed by atoms with E-state index in [1.807, 2.05) is 60.0 Å². The number of nitrogens with zero attached hydrogens (tertiary/aromatic N) is 2. The summed E-state index contributed by atoms with van der Waals surface area (Å²) in [6.45, 7) is 3.75. The summed E-state index contributed by atoms with van der Waals surface area (Å²) in [4.78, 5) is 18.2. The Balaban J connectivity index is 1.61. The van der Waals surface area contributed by atoms with Gasteiger partial charge in [-0.15, -0.1) is 0 Å². The topological polar surface area (TPSA) is 59.0 Å². The van der Waals surface area contributed by atoms with E-state index >= 15 is 0 Å². The Hall–Kier alpha value is -4.07. The number of rotatable bonds is 3. The molecule has 0 saturated heterocycles. The lowest BCUT2D eigenvalue weighted by Crippen LogP contribution is -2.31. The van der Waals surface area contributed by atoms with Crippen LogP contribution in [0, 0.1) is 6.92 Å². The van der Waals surface area contributed by atoms with Gasteiger partial charge in [-0.25, -0.2) is 4.98 Å². The van der Waals surface area contributed by atoms with Gasteiger partial charge in [-0.05, 0) is 49.7 Å². The van der Waals surface area contributed by atoms with Gasteiger partial charge in [-0.3, -0.25) is 9.36 Å². The van der Waals surface area contributed by atoms with E-state index in [0.29, 0.717) is 17.2 Å². The third-order valence-electron chi connectivity index (χ3n) is 5.92. The van der Waals surface area contributed by atoms with Crippen LogP contribution in [0.2, 0.25) is 0 Å². The van der Waals surface area contributed by atoms with Gasteiger partial charge in [0.2, 0.25) is 5.95 Å². The molecule has 172 valence electrons. The molecule has 1 amide bonds. The predicted molar refractivity (Wildman–Crippen MR) is 125 cm³/mol. The highest BCUT2D eigenvalue weighted by Crippen LogP contribution is 2.39. The molecule has 8 heteroatoms. The average Bonchev–Trinajstić information content (AvgIpc) is 3.16. The molecule has 1 unspecified atom stereocenters. The molecule has 1 atom stereocenters. The summed E-state index contributed by atoms with van der Waals surface area (Å²) in [5.74, 6) is 0.109. The Bertz CT molecular complexity index is 1430. The van der Waals surface area contributed by atoms with Gasteiger partial charge in [0.1, 0.15) is 0 Å². The lowest BCUT2D eigenvalue weighted by atomic mass is 9.93. The molecule has 3 aromatic carbocycles. The second-order valence-corrected chi connectivity index (χ2v) is 8.30. The van der Waals surface area contributed by atoms with Crippen molar-refractivity contribution in [3.05, 3.63) is 101 Å². The third kappa shape index (κ3) is 3.81. The fourth-order valence-electron chi connectivity index (χ4n) is 4.29. The first-order chi connectivity index (χ1) is 16.2. The molecule has 5 nitrogen and oxygen atoms in total. The summed E-state index contributed by atoms with van der Waals surface area (Å²) in [6, 6.07) is 19.6. The van der Waals surface area contributed by atoms with Crippen LogP contribution in [-0.4, -0.2) is 15.5 Å². The van der Waals surface area contributed by atoms with Crippen molar-refractivity contribution in [3.8, 4) is 0 Å². The van der Waals surface area contributed by atoms with E-state index in [2.05, 4.69) is 15.6 Å². The first kappa shape index (κ1) is 21.8. The largest absolute Gasteiger partial charge is 0.416 e. The van der Waals surface area contributed by atoms with E-state index in [1.165, 1.54) is 12.1 Å². The number of benzene rings is 3. The van der Waals surface area contributed by atoms with Gasteiger partial charge in [-0.2, -0.15) is 13.2 Å². The smallest absolute Gasteiger partial charge is 0.329 e. The maximum atomic E-state index is 13.5. The van der Waals surface area contributed by atoms with E-state index in [1.54, 1.807) is 6.92 Å². The predicted octanol–water partition coefficient (Wildman–Crippen LogP) is 6.29. The van der Waals surface area contributed by atoms with Gasteiger partial charge in [-0.1, -0.05) is 48.0 Å². The Morgan fingerprint density at radius 2 is 1.74 bits per heavy atom. The summed E-state index contributed by atoms with van der Waals surface area (Å²) in [7, 11) is 0. The summed E-state index contributed by atoms with van der Waals surface area (Å²) in [6.07, 6.45) is -4.50. The van der Waals surface area contributed by atoms with E-state index in [-0.39, 0.29) is 5.69 Å². The molecule has 1 aliphatic heterocycles. The van der Waals surface area contributed by atoms with Crippen LogP contribution in [0.5, 0.6) is 0 Å². The number of imidazole rings is 1. The number of allylic oxidation sites excluding steroid dienone is 1. The number of para-hydroxylation sites is 2. The molecular formula is C26H21F3N4O. The molecule has 1 aliphatic rings. The number of fused-ring (bicyclic) bond motifs is 3. The minimum absolute atomic E-state index is 0.0732. The first-order valence-corrected chi connectivity index (χ1v) is 10.7. The highest BCUT2D eigenvalue weighted by atomic mass is 19.4. The lowest BCUT2D eigenvalue weighted by Gasteiger charge is -2.31. The van der Waals surface area contributed by atoms with Gasteiger partial charge < -0.3 is 10.6 Å². The van der Waals surface area contributed by atoms with Crippen LogP contribution in [0.15, 0.2) is 84.1 Å². The van der Waals surface area contributed by atoms with Crippen molar-refractivity contribution < 1.29 is 18.0 Å². The van der Waals surface area contributed by atoms with E-state index < -0.39 is 23.7 Å². The molecule has 0 fully saturated rings. The highest BCUT2D eigenvalue weighted by Gasteiger charge is 2.35. The molecule has 1 aromatic heterocycles. The van der Waals surface area contributed by atoms with Crippen molar-refractivity contribution in [2.45, 2.75) is 26.1 Å². The molecule has 0 aliphatic carbocycles. The van der Waals surface area contributed by atoms with Crippen LogP contribution in [0.1, 0.15) is 29.7 Å². The number of amides is 1. The molecule has 5 rings (SSSR count). The Labute approximate surface area is 193 Å². The van der Waals surface area contributed by atoms with Crippen LogP contribution >= 0.6 is 0 Å². The van der Waals surface area contributed by atoms with Gasteiger partial charge in [0.05, 0.1) is 28.2 Å². The van der Waals surface area contributed by atoms with E-state index in [0.717, 1.165) is 34.3 Å². The average molecular weight is 462 g/mol. The zero-order chi connectivity index (χ0) is 24.0. The van der Waals surface area contributed by atoms with Crippen LogP contribution in [-0.2, 0) is 11.0 Å². The zero-order valence-electron chi connectivity index (χ0n) is 18.4. The number of aromatic nitrogens is 2. The lowest BCUT2D eigenvalue weighted by molar-refractivity contribution is -0.137. The normalized spacial score (nSPS) is 15.7. The second-order valence-electron chi connectivity index (χ2n) is 8.30. The van der Waals surface area contributed by atoms with E-state index in [9.17, 15) is 18.0 Å². The first-order valence-electron chi connectivity index (χ1n) is 10.7. The van der Waals surface area contributed by atoms with E-state index in [4.69, 9.17) is 0 Å². The molecule has 0 saturated carbocycles. The fourth-order valence-corrected chi connectivity index (χ4v) is 4.29. The maximum Gasteiger partial charge on any atom is 0.416 e. The minimum Gasteiger partial charge on any atom is -0.329 e. The number of hydrogen-bond acceptors (Lipinski definition) is 3. The summed E-state index contributed by atoms with van der Waals surface area (Å²) in [5, 5.41) is 5.87. The maximum absolute atomic E-state index is 13.5. The number of carbonyl (C=O) groups is 1. The van der Waals surface area contributed by atoms with Gasteiger partial charge >= 0.3 is 6.18 Å². The summed E-state index contributed by atoms with van der Waals surface area (Å²) < 4.78 is 41.5. The van der Waals surface area contributed by atoms with Crippen LogP contribution < -0.4 is 10.6 Å². The van der Waals surface area contributed by atoms with Crippen LogP contribution in [0.3, 0.4) is 0 Å². The van der Waals surface area contributed by atoms with Gasteiger partial charge in [0.25, 0.3) is 5.91 Å². The molecular weight excluding hydrogens is 441 g/mol. The zero-order valence-corrected chi connectivity index (χ0v) is 18.4. The van der Waals surface area contributed by atoms with Crippen molar-refractivity contribution in [2.24, 2.45) is 0 Å². The fraction of sp³-hybridized carbons (Fsp3) is 0.154. The number of aryl methyl sites for hydroxylation is 1. The number of alkyl halides is 3. The van der Waals surface area contributed by atoms with Crippen molar-refractivity contribution in [1.82, 2.24) is 9.55 Å². The Morgan fingerprint density at radius 1 is 1.00 bits per heavy atom. The molecule has 34 heavy (non-hydrogen) atoms. The van der Waals surface area contributed by atoms with Crippen molar-refractivity contribution in [1.29, 1.82) is 0 Å². The van der Waals surface area contributed by atoms with Crippen molar-refractivity contribution in [2.75, 3.05) is 10.6 Å². The van der Waals surface area contributed by atoms with Crippen LogP contribution in [0.4, 0.5) is 24.8 Å². The number of hydrogen-bond donors (Lipinski definition) is 2. The van der Waals surface area contributed by atoms with Gasteiger partial charge in [0, 0.05) is 11.4 Å². The monoisotopic (exact) mass is 462 g/mol. The SMILES string of the molecule is CC1=C(C(=O)Nc2cccc(C(F)(F)F)c2)C(c2ccc(C)cc2)n2c(nc3ccccc32)N1. The Morgan fingerprint density at radius 3 is 2.47 bits per heavy atom. The highest BCUT2D eigenvalue weighted by molar-refractivity contribution is 6.06. The molecule has 2 heterocycles. The third-order valence-corrected chi connectivity index (χ3v) is 5.92. The molecule has 0 bridgehead atoms.